The van der Waals surface area contributed by atoms with Crippen LogP contribution in [0.15, 0.2) is 30.3 Å². The van der Waals surface area contributed by atoms with Gasteiger partial charge in [0.05, 0.1) is 6.42 Å². The summed E-state index contributed by atoms with van der Waals surface area (Å²) >= 11 is 0. The van der Waals surface area contributed by atoms with Gasteiger partial charge in [0, 0.05) is 0 Å². The molecule has 19 heavy (non-hydrogen) atoms. The molecule has 104 valence electrons. The minimum Gasteiger partial charge on any atom is -0.480 e. The second-order valence-corrected chi connectivity index (χ2v) is 4.41. The zero-order valence-corrected chi connectivity index (χ0v) is 10.8. The van der Waals surface area contributed by atoms with Crippen molar-refractivity contribution in [2.75, 3.05) is 6.54 Å². The Hall–Kier alpha value is -1.88. The van der Waals surface area contributed by atoms with E-state index in [0.29, 0.717) is 19.4 Å². The summed E-state index contributed by atoms with van der Waals surface area (Å²) in [5.41, 5.74) is 6.23. The number of hydrogen-bond donors (Lipinski definition) is 3. The van der Waals surface area contributed by atoms with Gasteiger partial charge in [0.15, 0.2) is 0 Å². The lowest BCUT2D eigenvalue weighted by molar-refractivity contribution is -0.142. The van der Waals surface area contributed by atoms with E-state index in [0.717, 1.165) is 12.0 Å². The molecule has 1 atom stereocenters. The fraction of sp³-hybridized carbons (Fsp3) is 0.429. The van der Waals surface area contributed by atoms with E-state index in [1.54, 1.807) is 0 Å². The van der Waals surface area contributed by atoms with Gasteiger partial charge in [0.25, 0.3) is 0 Å². The first-order valence-corrected chi connectivity index (χ1v) is 6.39. The maximum absolute atomic E-state index is 11.8. The first-order chi connectivity index (χ1) is 9.13. The van der Waals surface area contributed by atoms with Crippen LogP contribution in [0.2, 0.25) is 0 Å². The molecule has 4 N–H and O–H groups in total. The van der Waals surface area contributed by atoms with E-state index in [9.17, 15) is 9.59 Å². The Labute approximate surface area is 112 Å². The Bertz CT molecular complexity index is 406. The van der Waals surface area contributed by atoms with Crippen molar-refractivity contribution in [2.45, 2.75) is 31.7 Å². The van der Waals surface area contributed by atoms with Crippen LogP contribution in [0.3, 0.4) is 0 Å². The van der Waals surface area contributed by atoms with E-state index in [4.69, 9.17) is 10.8 Å². The predicted molar refractivity (Wildman–Crippen MR) is 72.6 cm³/mol. The molecular weight excluding hydrogens is 244 g/mol. The minimum atomic E-state index is -1.00. The third-order valence-corrected chi connectivity index (χ3v) is 2.79. The molecule has 1 unspecified atom stereocenters. The number of amides is 1. The van der Waals surface area contributed by atoms with Crippen LogP contribution in [-0.2, 0) is 16.0 Å². The quantitative estimate of drug-likeness (QED) is 0.609. The highest BCUT2D eigenvalue weighted by Crippen LogP contribution is 2.03. The average molecular weight is 264 g/mol. The maximum atomic E-state index is 11.8. The fourth-order valence-corrected chi connectivity index (χ4v) is 1.78. The highest BCUT2D eigenvalue weighted by Gasteiger charge is 2.19. The number of nitrogens with one attached hydrogen (secondary N) is 1. The summed E-state index contributed by atoms with van der Waals surface area (Å²) in [5.74, 6) is -1.27. The molecule has 0 saturated heterocycles. The van der Waals surface area contributed by atoms with Crippen LogP contribution in [0, 0.1) is 0 Å². The van der Waals surface area contributed by atoms with Crippen molar-refractivity contribution in [3.05, 3.63) is 35.9 Å². The van der Waals surface area contributed by atoms with Crippen molar-refractivity contribution in [2.24, 2.45) is 5.73 Å². The van der Waals surface area contributed by atoms with Crippen LogP contribution in [0.5, 0.6) is 0 Å². The number of hydrogen-bond acceptors (Lipinski definition) is 3. The number of nitrogens with two attached hydrogens (primary N) is 1. The number of rotatable bonds is 8. The molecule has 1 aromatic rings. The van der Waals surface area contributed by atoms with Crippen LogP contribution in [0.1, 0.15) is 24.8 Å². The highest BCUT2D eigenvalue weighted by atomic mass is 16.4. The number of unbranched alkanes of at least 4 members (excludes halogenated alkanes) is 1. The lowest BCUT2D eigenvalue weighted by Gasteiger charge is -2.14. The fourth-order valence-electron chi connectivity index (χ4n) is 1.78. The summed E-state index contributed by atoms with van der Waals surface area (Å²) in [5, 5.41) is 11.6. The second kappa shape index (κ2) is 8.26. The van der Waals surface area contributed by atoms with E-state index in [-0.39, 0.29) is 12.3 Å². The largest absolute Gasteiger partial charge is 0.480 e. The first-order valence-electron chi connectivity index (χ1n) is 6.39. The summed E-state index contributed by atoms with van der Waals surface area (Å²) in [6, 6.07) is 8.40. The zero-order chi connectivity index (χ0) is 14.1. The van der Waals surface area contributed by atoms with E-state index < -0.39 is 12.0 Å². The lowest BCUT2D eigenvalue weighted by atomic mass is 10.1. The zero-order valence-electron chi connectivity index (χ0n) is 10.8. The maximum Gasteiger partial charge on any atom is 0.326 e. The minimum absolute atomic E-state index is 0.196. The van der Waals surface area contributed by atoms with Crippen molar-refractivity contribution in [3.63, 3.8) is 0 Å². The first kappa shape index (κ1) is 15.2. The molecule has 1 aromatic carbocycles. The number of carboxylic acids is 1. The van der Waals surface area contributed by atoms with Gasteiger partial charge >= 0.3 is 5.97 Å². The molecule has 0 saturated carbocycles. The van der Waals surface area contributed by atoms with Crippen molar-refractivity contribution in [3.8, 4) is 0 Å². The van der Waals surface area contributed by atoms with Crippen LogP contribution < -0.4 is 11.1 Å². The van der Waals surface area contributed by atoms with Gasteiger partial charge in [-0.05, 0) is 31.4 Å². The topological polar surface area (TPSA) is 92.4 Å². The normalized spacial score (nSPS) is 11.8. The number of aliphatic carboxylic acids is 1. The molecule has 5 heteroatoms. The number of carbonyl (C=O) groups is 2. The molecular formula is C14H20N2O3. The van der Waals surface area contributed by atoms with Crippen molar-refractivity contribution >= 4 is 11.9 Å². The third kappa shape index (κ3) is 6.01. The van der Waals surface area contributed by atoms with Crippen molar-refractivity contribution in [1.82, 2.24) is 5.32 Å². The van der Waals surface area contributed by atoms with Gasteiger partial charge in [-0.15, -0.1) is 0 Å². The molecule has 5 nitrogen and oxygen atoms in total. The Balaban J connectivity index is 2.45. The van der Waals surface area contributed by atoms with Gasteiger partial charge in [0.2, 0.25) is 5.91 Å². The summed E-state index contributed by atoms with van der Waals surface area (Å²) in [4.78, 5) is 22.8. The molecule has 0 aliphatic carbocycles. The smallest absolute Gasteiger partial charge is 0.326 e. The molecule has 0 bridgehead atoms. The summed E-state index contributed by atoms with van der Waals surface area (Å²) in [6.07, 6.45) is 2.06. The van der Waals surface area contributed by atoms with Crippen molar-refractivity contribution < 1.29 is 14.7 Å². The summed E-state index contributed by atoms with van der Waals surface area (Å²) in [6.45, 7) is 0.532. The molecule has 0 heterocycles. The summed E-state index contributed by atoms with van der Waals surface area (Å²) < 4.78 is 0. The van der Waals surface area contributed by atoms with Gasteiger partial charge in [-0.3, -0.25) is 4.79 Å². The average Bonchev–Trinajstić information content (AvgIpc) is 2.38. The standard InChI is InChI=1S/C14H20N2O3/c15-9-5-4-8-12(14(18)19)16-13(17)10-11-6-2-1-3-7-11/h1-3,6-7,12H,4-5,8-10,15H2,(H,16,17)(H,18,19). The Morgan fingerprint density at radius 1 is 1.21 bits per heavy atom. The third-order valence-electron chi connectivity index (χ3n) is 2.79. The van der Waals surface area contributed by atoms with E-state index >= 15 is 0 Å². The Kier molecular flexibility index (Phi) is 6.60. The molecule has 0 aliphatic heterocycles. The van der Waals surface area contributed by atoms with E-state index in [2.05, 4.69) is 5.32 Å². The molecule has 1 rings (SSSR count). The molecule has 0 spiro atoms. The monoisotopic (exact) mass is 264 g/mol. The van der Waals surface area contributed by atoms with Crippen LogP contribution in [-0.4, -0.2) is 29.6 Å². The number of carboxylic acid groups (broad SMARTS) is 1. The van der Waals surface area contributed by atoms with Gasteiger partial charge in [0.1, 0.15) is 6.04 Å². The van der Waals surface area contributed by atoms with E-state index in [1.165, 1.54) is 0 Å². The molecule has 0 aliphatic rings. The lowest BCUT2D eigenvalue weighted by Crippen LogP contribution is -2.41. The van der Waals surface area contributed by atoms with Gasteiger partial charge in [-0.1, -0.05) is 30.3 Å². The Morgan fingerprint density at radius 2 is 1.89 bits per heavy atom. The predicted octanol–water partition coefficient (Wildman–Crippen LogP) is 0.927. The number of carbonyl (C=O) groups excluding carboxylic acids is 1. The highest BCUT2D eigenvalue weighted by molar-refractivity contribution is 5.84. The molecule has 0 aromatic heterocycles. The van der Waals surface area contributed by atoms with Crippen LogP contribution >= 0.6 is 0 Å². The van der Waals surface area contributed by atoms with Gasteiger partial charge < -0.3 is 16.2 Å². The van der Waals surface area contributed by atoms with Crippen LogP contribution in [0.4, 0.5) is 0 Å². The van der Waals surface area contributed by atoms with Crippen molar-refractivity contribution in [1.29, 1.82) is 0 Å². The second-order valence-electron chi connectivity index (χ2n) is 4.41. The molecule has 0 fully saturated rings. The molecule has 1 amide bonds. The number of benzene rings is 1. The van der Waals surface area contributed by atoms with E-state index in [1.807, 2.05) is 30.3 Å². The summed E-state index contributed by atoms with van der Waals surface area (Å²) in [7, 11) is 0. The SMILES string of the molecule is NCCCCC(NC(=O)Cc1ccccc1)C(=O)O. The van der Waals surface area contributed by atoms with Gasteiger partial charge in [-0.2, -0.15) is 0 Å². The van der Waals surface area contributed by atoms with Gasteiger partial charge in [-0.25, -0.2) is 4.79 Å². The van der Waals surface area contributed by atoms with Crippen LogP contribution in [0.25, 0.3) is 0 Å². The molecule has 0 radical (unpaired) electrons. The Morgan fingerprint density at radius 3 is 2.47 bits per heavy atom.